The topological polar surface area (TPSA) is 75.3 Å². The van der Waals surface area contributed by atoms with Crippen LogP contribution < -0.4 is 10.6 Å². The molecule has 1 aliphatic carbocycles. The molecule has 1 aromatic rings. The molecule has 0 saturated heterocycles. The number of aromatic nitrogens is 2. The van der Waals surface area contributed by atoms with Crippen LogP contribution in [0.5, 0.6) is 0 Å². The molecule has 0 amide bonds. The van der Waals surface area contributed by atoms with Gasteiger partial charge >= 0.3 is 0 Å². The van der Waals surface area contributed by atoms with E-state index in [1.54, 1.807) is 12.3 Å². The lowest BCUT2D eigenvalue weighted by molar-refractivity contribution is 0.0557. The number of hydrogen-bond donors (Lipinski definition) is 2. The van der Waals surface area contributed by atoms with Gasteiger partial charge in [0.1, 0.15) is 4.99 Å². The number of thiocarbonyl (C=S) groups is 1. The van der Waals surface area contributed by atoms with Gasteiger partial charge in [-0.1, -0.05) is 25.1 Å². The fraction of sp³-hybridized carbons (Fsp3) is 0.583. The standard InChI is InChI=1S/C12H18N4OS/c1-16(8-12(17)5-2-3-6-12)11-9(10(13)18)4-7-14-15-11/h4,7,17H,2-3,5-6,8H2,1H3,(H2,13,18). The summed E-state index contributed by atoms with van der Waals surface area (Å²) in [6.45, 7) is 0.529. The molecule has 3 N–H and O–H groups in total. The van der Waals surface area contributed by atoms with Crippen LogP contribution in [0.2, 0.25) is 0 Å². The molecule has 1 saturated carbocycles. The lowest BCUT2D eigenvalue weighted by Gasteiger charge is -2.29. The van der Waals surface area contributed by atoms with Gasteiger partial charge in [-0.3, -0.25) is 0 Å². The first-order valence-electron chi connectivity index (χ1n) is 6.07. The first-order chi connectivity index (χ1) is 8.52. The first-order valence-corrected chi connectivity index (χ1v) is 6.48. The van der Waals surface area contributed by atoms with Gasteiger partial charge in [-0.15, -0.1) is 5.10 Å². The van der Waals surface area contributed by atoms with E-state index < -0.39 is 5.60 Å². The fourth-order valence-electron chi connectivity index (χ4n) is 2.51. The molecular weight excluding hydrogens is 248 g/mol. The lowest BCUT2D eigenvalue weighted by atomic mass is 10.0. The molecule has 18 heavy (non-hydrogen) atoms. The van der Waals surface area contributed by atoms with E-state index in [0.29, 0.717) is 22.9 Å². The number of likely N-dealkylation sites (N-methyl/N-ethyl adjacent to an activating group) is 1. The summed E-state index contributed by atoms with van der Waals surface area (Å²) >= 11 is 5.00. The lowest BCUT2D eigenvalue weighted by Crippen LogP contribution is -2.40. The molecule has 98 valence electrons. The molecule has 0 radical (unpaired) electrons. The van der Waals surface area contributed by atoms with Gasteiger partial charge in [0.15, 0.2) is 5.82 Å². The van der Waals surface area contributed by atoms with Gasteiger partial charge in [-0.25, -0.2) is 0 Å². The second-order valence-electron chi connectivity index (χ2n) is 4.92. The summed E-state index contributed by atoms with van der Waals surface area (Å²) in [6.07, 6.45) is 5.38. The fourth-order valence-corrected chi connectivity index (χ4v) is 2.67. The van der Waals surface area contributed by atoms with Crippen LogP contribution in [0.25, 0.3) is 0 Å². The number of rotatable bonds is 4. The Hall–Kier alpha value is -1.27. The van der Waals surface area contributed by atoms with E-state index in [2.05, 4.69) is 10.2 Å². The van der Waals surface area contributed by atoms with Crippen molar-refractivity contribution in [2.75, 3.05) is 18.5 Å². The Morgan fingerprint density at radius 2 is 2.22 bits per heavy atom. The maximum absolute atomic E-state index is 10.4. The largest absolute Gasteiger partial charge is 0.389 e. The number of anilines is 1. The van der Waals surface area contributed by atoms with Crippen molar-refractivity contribution in [1.29, 1.82) is 0 Å². The highest BCUT2D eigenvalue weighted by Crippen LogP contribution is 2.31. The summed E-state index contributed by atoms with van der Waals surface area (Å²) in [6, 6.07) is 1.75. The van der Waals surface area contributed by atoms with Gasteiger partial charge in [0, 0.05) is 13.6 Å². The van der Waals surface area contributed by atoms with E-state index in [0.717, 1.165) is 25.7 Å². The number of aliphatic hydroxyl groups is 1. The van der Waals surface area contributed by atoms with Crippen molar-refractivity contribution >= 4 is 23.0 Å². The van der Waals surface area contributed by atoms with E-state index in [4.69, 9.17) is 18.0 Å². The number of nitrogens with zero attached hydrogens (tertiary/aromatic N) is 3. The molecular formula is C12H18N4OS. The SMILES string of the molecule is CN(CC1(O)CCCC1)c1nnccc1C(N)=S. The summed E-state index contributed by atoms with van der Waals surface area (Å²) in [5.74, 6) is 0.630. The van der Waals surface area contributed by atoms with Crippen LogP contribution in [0.15, 0.2) is 12.3 Å². The van der Waals surface area contributed by atoms with Crippen molar-refractivity contribution in [3.05, 3.63) is 17.8 Å². The van der Waals surface area contributed by atoms with Crippen molar-refractivity contribution in [2.24, 2.45) is 5.73 Å². The summed E-state index contributed by atoms with van der Waals surface area (Å²) in [4.78, 5) is 2.18. The van der Waals surface area contributed by atoms with E-state index in [9.17, 15) is 5.11 Å². The van der Waals surface area contributed by atoms with Crippen LogP contribution in [0.3, 0.4) is 0 Å². The summed E-state index contributed by atoms with van der Waals surface area (Å²) in [7, 11) is 1.88. The Balaban J connectivity index is 2.18. The molecule has 0 aromatic carbocycles. The average molecular weight is 266 g/mol. The molecule has 0 unspecified atom stereocenters. The second-order valence-corrected chi connectivity index (χ2v) is 5.36. The van der Waals surface area contributed by atoms with Gasteiger partial charge in [-0.05, 0) is 18.9 Å². The molecule has 5 nitrogen and oxygen atoms in total. The Kier molecular flexibility index (Phi) is 3.77. The van der Waals surface area contributed by atoms with E-state index in [1.807, 2.05) is 11.9 Å². The van der Waals surface area contributed by atoms with Gasteiger partial charge < -0.3 is 15.7 Å². The Morgan fingerprint density at radius 3 is 2.83 bits per heavy atom. The van der Waals surface area contributed by atoms with Crippen molar-refractivity contribution < 1.29 is 5.11 Å². The molecule has 1 fully saturated rings. The Labute approximate surface area is 112 Å². The molecule has 6 heteroatoms. The van der Waals surface area contributed by atoms with Crippen molar-refractivity contribution in [3.8, 4) is 0 Å². The summed E-state index contributed by atoms with van der Waals surface area (Å²) in [5.41, 5.74) is 5.74. The zero-order valence-corrected chi connectivity index (χ0v) is 11.3. The van der Waals surface area contributed by atoms with Gasteiger partial charge in [0.05, 0.1) is 17.4 Å². The smallest absolute Gasteiger partial charge is 0.161 e. The van der Waals surface area contributed by atoms with Crippen LogP contribution in [0.4, 0.5) is 5.82 Å². The van der Waals surface area contributed by atoms with E-state index >= 15 is 0 Å². The summed E-state index contributed by atoms with van der Waals surface area (Å²) < 4.78 is 0. The van der Waals surface area contributed by atoms with Gasteiger partial charge in [0.25, 0.3) is 0 Å². The molecule has 1 aliphatic rings. The first kappa shape index (κ1) is 13.2. The number of nitrogens with two attached hydrogens (primary N) is 1. The third kappa shape index (κ3) is 2.76. The Morgan fingerprint density at radius 1 is 1.56 bits per heavy atom. The third-order valence-corrected chi connectivity index (χ3v) is 3.61. The number of hydrogen-bond acceptors (Lipinski definition) is 5. The van der Waals surface area contributed by atoms with Crippen LogP contribution >= 0.6 is 12.2 Å². The van der Waals surface area contributed by atoms with Crippen molar-refractivity contribution in [3.63, 3.8) is 0 Å². The van der Waals surface area contributed by atoms with Crippen molar-refractivity contribution in [1.82, 2.24) is 10.2 Å². The monoisotopic (exact) mass is 266 g/mol. The predicted octanol–water partition coefficient (Wildman–Crippen LogP) is 0.852. The van der Waals surface area contributed by atoms with E-state index in [-0.39, 0.29) is 0 Å². The molecule has 0 spiro atoms. The normalized spacial score (nSPS) is 17.7. The van der Waals surface area contributed by atoms with Crippen molar-refractivity contribution in [2.45, 2.75) is 31.3 Å². The molecule has 0 bridgehead atoms. The minimum absolute atomic E-state index is 0.296. The quantitative estimate of drug-likeness (QED) is 0.787. The average Bonchev–Trinajstić information content (AvgIpc) is 2.75. The molecule has 0 aliphatic heterocycles. The summed E-state index contributed by atoms with van der Waals surface area (Å²) in [5, 5.41) is 18.3. The molecule has 0 atom stereocenters. The van der Waals surface area contributed by atoms with Crippen LogP contribution in [-0.2, 0) is 0 Å². The highest BCUT2D eigenvalue weighted by Gasteiger charge is 2.33. The third-order valence-electron chi connectivity index (χ3n) is 3.39. The van der Waals surface area contributed by atoms with Crippen LogP contribution in [-0.4, -0.2) is 39.5 Å². The minimum atomic E-state index is -0.625. The van der Waals surface area contributed by atoms with Gasteiger partial charge in [0.2, 0.25) is 0 Å². The van der Waals surface area contributed by atoms with Crippen LogP contribution in [0.1, 0.15) is 31.2 Å². The molecule has 2 rings (SSSR count). The highest BCUT2D eigenvalue weighted by atomic mass is 32.1. The Bertz CT molecular complexity index is 445. The highest BCUT2D eigenvalue weighted by molar-refractivity contribution is 7.80. The zero-order valence-electron chi connectivity index (χ0n) is 10.5. The minimum Gasteiger partial charge on any atom is -0.389 e. The maximum Gasteiger partial charge on any atom is 0.161 e. The van der Waals surface area contributed by atoms with Crippen LogP contribution in [0, 0.1) is 0 Å². The van der Waals surface area contributed by atoms with Gasteiger partial charge in [-0.2, -0.15) is 5.10 Å². The second kappa shape index (κ2) is 5.16. The predicted molar refractivity (Wildman–Crippen MR) is 74.6 cm³/mol. The maximum atomic E-state index is 10.4. The van der Waals surface area contributed by atoms with E-state index in [1.165, 1.54) is 0 Å². The molecule has 1 aromatic heterocycles. The zero-order chi connectivity index (χ0) is 13.2. The molecule has 1 heterocycles.